The molecule has 1 aromatic rings. The first kappa shape index (κ1) is 13.5. The fourth-order valence-electron chi connectivity index (χ4n) is 2.74. The highest BCUT2D eigenvalue weighted by atomic mass is 16.5. The predicted molar refractivity (Wildman–Crippen MR) is 73.6 cm³/mol. The zero-order valence-corrected chi connectivity index (χ0v) is 11.5. The molecule has 2 atom stereocenters. The first-order valence-electron chi connectivity index (χ1n) is 7.01. The van der Waals surface area contributed by atoms with Crippen LogP contribution in [0.5, 0.6) is 0 Å². The summed E-state index contributed by atoms with van der Waals surface area (Å²) < 4.78 is 6.07. The molecular formula is C15H24N2O. The van der Waals surface area contributed by atoms with Crippen molar-refractivity contribution in [2.75, 3.05) is 13.2 Å². The number of hydrogen-bond acceptors (Lipinski definition) is 3. The summed E-state index contributed by atoms with van der Waals surface area (Å²) in [6.45, 7) is 6.27. The third kappa shape index (κ3) is 3.30. The van der Waals surface area contributed by atoms with Crippen LogP contribution in [0, 0.1) is 0 Å². The fourth-order valence-corrected chi connectivity index (χ4v) is 2.74. The van der Waals surface area contributed by atoms with E-state index in [1.54, 1.807) is 0 Å². The van der Waals surface area contributed by atoms with Crippen LogP contribution in [-0.4, -0.2) is 29.8 Å². The Labute approximate surface area is 110 Å². The molecule has 2 rings (SSSR count). The molecule has 0 saturated carbocycles. The zero-order chi connectivity index (χ0) is 12.8. The van der Waals surface area contributed by atoms with Crippen LogP contribution in [0.3, 0.4) is 0 Å². The van der Waals surface area contributed by atoms with Gasteiger partial charge in [-0.05, 0) is 50.8 Å². The minimum absolute atomic E-state index is 0.0376. The zero-order valence-electron chi connectivity index (χ0n) is 11.5. The Morgan fingerprint density at radius 2 is 2.39 bits per heavy atom. The maximum atomic E-state index is 6.07. The molecule has 100 valence electrons. The molecule has 18 heavy (non-hydrogen) atoms. The topological polar surface area (TPSA) is 34.2 Å². The van der Waals surface area contributed by atoms with E-state index >= 15 is 0 Å². The lowest BCUT2D eigenvalue weighted by atomic mass is 9.85. The van der Waals surface area contributed by atoms with Gasteiger partial charge in [0.15, 0.2) is 0 Å². The highest BCUT2D eigenvalue weighted by Gasteiger charge is 2.36. The van der Waals surface area contributed by atoms with Crippen molar-refractivity contribution >= 4 is 0 Å². The Kier molecular flexibility index (Phi) is 4.72. The molecule has 0 bridgehead atoms. The normalized spacial score (nSPS) is 25.9. The number of ether oxygens (including phenoxy) is 1. The first-order chi connectivity index (χ1) is 8.74. The van der Waals surface area contributed by atoms with Crippen molar-refractivity contribution in [2.24, 2.45) is 0 Å². The van der Waals surface area contributed by atoms with Crippen LogP contribution in [0.15, 0.2) is 24.5 Å². The summed E-state index contributed by atoms with van der Waals surface area (Å²) in [7, 11) is 0. The van der Waals surface area contributed by atoms with Crippen molar-refractivity contribution in [1.82, 2.24) is 10.3 Å². The SMILES string of the molecule is CCNC(Cc1cccnc1)C1(C)CCCCO1. The summed E-state index contributed by atoms with van der Waals surface area (Å²) in [6, 6.07) is 4.51. The summed E-state index contributed by atoms with van der Waals surface area (Å²) in [5.74, 6) is 0. The number of nitrogens with zero attached hydrogens (tertiary/aromatic N) is 1. The second-order valence-corrected chi connectivity index (χ2v) is 5.29. The van der Waals surface area contributed by atoms with Crippen LogP contribution in [0.4, 0.5) is 0 Å². The van der Waals surface area contributed by atoms with Gasteiger partial charge in [0.25, 0.3) is 0 Å². The molecule has 1 aliphatic rings. The summed E-state index contributed by atoms with van der Waals surface area (Å²) >= 11 is 0. The quantitative estimate of drug-likeness (QED) is 0.869. The van der Waals surface area contributed by atoms with Gasteiger partial charge in [0.1, 0.15) is 0 Å². The number of pyridine rings is 1. The second-order valence-electron chi connectivity index (χ2n) is 5.29. The van der Waals surface area contributed by atoms with Crippen LogP contribution in [0.2, 0.25) is 0 Å². The number of hydrogen-bond donors (Lipinski definition) is 1. The Bertz CT molecular complexity index is 347. The van der Waals surface area contributed by atoms with Crippen molar-refractivity contribution in [3.63, 3.8) is 0 Å². The van der Waals surface area contributed by atoms with Crippen LogP contribution in [-0.2, 0) is 11.2 Å². The molecule has 0 aliphatic carbocycles. The summed E-state index contributed by atoms with van der Waals surface area (Å²) in [5, 5.41) is 3.59. The molecule has 1 saturated heterocycles. The molecule has 3 nitrogen and oxygen atoms in total. The smallest absolute Gasteiger partial charge is 0.0810 e. The minimum Gasteiger partial charge on any atom is -0.374 e. The van der Waals surface area contributed by atoms with E-state index in [1.165, 1.54) is 18.4 Å². The van der Waals surface area contributed by atoms with E-state index in [4.69, 9.17) is 4.74 Å². The predicted octanol–water partition coefficient (Wildman–Crippen LogP) is 2.56. The number of nitrogens with one attached hydrogen (secondary N) is 1. The average molecular weight is 248 g/mol. The number of rotatable bonds is 5. The average Bonchev–Trinajstić information content (AvgIpc) is 2.40. The maximum absolute atomic E-state index is 6.07. The van der Waals surface area contributed by atoms with E-state index < -0.39 is 0 Å². The Morgan fingerprint density at radius 1 is 1.50 bits per heavy atom. The molecule has 0 radical (unpaired) electrons. The van der Waals surface area contributed by atoms with Gasteiger partial charge in [0.05, 0.1) is 5.60 Å². The lowest BCUT2D eigenvalue weighted by Crippen LogP contribution is -2.53. The monoisotopic (exact) mass is 248 g/mol. The lowest BCUT2D eigenvalue weighted by molar-refractivity contribution is -0.0881. The van der Waals surface area contributed by atoms with Crippen molar-refractivity contribution < 1.29 is 4.74 Å². The van der Waals surface area contributed by atoms with Gasteiger partial charge >= 0.3 is 0 Å². The van der Waals surface area contributed by atoms with Gasteiger partial charge in [0, 0.05) is 25.0 Å². The highest BCUT2D eigenvalue weighted by Crippen LogP contribution is 2.29. The van der Waals surface area contributed by atoms with Crippen LogP contribution >= 0.6 is 0 Å². The third-order valence-corrected chi connectivity index (χ3v) is 3.85. The lowest BCUT2D eigenvalue weighted by Gasteiger charge is -2.41. The molecule has 1 N–H and O–H groups in total. The fraction of sp³-hybridized carbons (Fsp3) is 0.667. The third-order valence-electron chi connectivity index (χ3n) is 3.85. The standard InChI is InChI=1S/C15H24N2O/c1-3-17-14(11-13-7-6-9-16-12-13)15(2)8-4-5-10-18-15/h6-7,9,12,14,17H,3-5,8,10-11H2,1-2H3. The molecule has 1 aliphatic heterocycles. The van der Waals surface area contributed by atoms with Crippen molar-refractivity contribution in [2.45, 2.75) is 51.2 Å². The van der Waals surface area contributed by atoms with Crippen LogP contribution < -0.4 is 5.32 Å². The van der Waals surface area contributed by atoms with E-state index in [0.717, 1.165) is 26.0 Å². The van der Waals surface area contributed by atoms with Crippen LogP contribution in [0.25, 0.3) is 0 Å². The van der Waals surface area contributed by atoms with E-state index in [-0.39, 0.29) is 5.60 Å². The van der Waals surface area contributed by atoms with E-state index in [2.05, 4.69) is 30.2 Å². The second kappa shape index (κ2) is 6.30. The van der Waals surface area contributed by atoms with E-state index in [0.29, 0.717) is 6.04 Å². The molecule has 3 heteroatoms. The Morgan fingerprint density at radius 3 is 3.00 bits per heavy atom. The highest BCUT2D eigenvalue weighted by molar-refractivity contribution is 5.12. The summed E-state index contributed by atoms with van der Waals surface area (Å²) in [6.07, 6.45) is 8.37. The molecule has 1 aromatic heterocycles. The molecule has 1 fully saturated rings. The van der Waals surface area contributed by atoms with Gasteiger partial charge < -0.3 is 10.1 Å². The molecule has 2 unspecified atom stereocenters. The van der Waals surface area contributed by atoms with Crippen LogP contribution in [0.1, 0.15) is 38.7 Å². The van der Waals surface area contributed by atoms with Gasteiger partial charge in [-0.2, -0.15) is 0 Å². The molecule has 0 aromatic carbocycles. The van der Waals surface area contributed by atoms with E-state index in [9.17, 15) is 0 Å². The van der Waals surface area contributed by atoms with Crippen molar-refractivity contribution in [1.29, 1.82) is 0 Å². The Hall–Kier alpha value is -0.930. The summed E-state index contributed by atoms with van der Waals surface area (Å²) in [5.41, 5.74) is 1.24. The minimum atomic E-state index is -0.0376. The maximum Gasteiger partial charge on any atom is 0.0810 e. The number of likely N-dealkylation sites (N-methyl/N-ethyl adjacent to an activating group) is 1. The van der Waals surface area contributed by atoms with Gasteiger partial charge in [-0.1, -0.05) is 13.0 Å². The van der Waals surface area contributed by atoms with E-state index in [1.807, 2.05) is 18.5 Å². The van der Waals surface area contributed by atoms with Crippen molar-refractivity contribution in [3.05, 3.63) is 30.1 Å². The number of aromatic nitrogens is 1. The van der Waals surface area contributed by atoms with Gasteiger partial charge in [0.2, 0.25) is 0 Å². The van der Waals surface area contributed by atoms with Crippen molar-refractivity contribution in [3.8, 4) is 0 Å². The molecule has 0 amide bonds. The molecule has 0 spiro atoms. The largest absolute Gasteiger partial charge is 0.374 e. The van der Waals surface area contributed by atoms with Gasteiger partial charge in [-0.25, -0.2) is 0 Å². The molecule has 2 heterocycles. The molecular weight excluding hydrogens is 224 g/mol. The Balaban J connectivity index is 2.07. The first-order valence-corrected chi connectivity index (χ1v) is 7.01. The summed E-state index contributed by atoms with van der Waals surface area (Å²) in [4.78, 5) is 4.20. The van der Waals surface area contributed by atoms with Gasteiger partial charge in [-0.3, -0.25) is 4.98 Å². The van der Waals surface area contributed by atoms with Gasteiger partial charge in [-0.15, -0.1) is 0 Å².